The molecule has 0 unspecified atom stereocenters. The van der Waals surface area contributed by atoms with E-state index in [4.69, 9.17) is 0 Å². The summed E-state index contributed by atoms with van der Waals surface area (Å²) in [5.41, 5.74) is 0.645. The van der Waals surface area contributed by atoms with Gasteiger partial charge in [-0.05, 0) is 23.9 Å². The molecular weight excluding hydrogens is 329 g/mol. The average molecular weight is 341 g/mol. The Balaban J connectivity index is 1.80. The lowest BCUT2D eigenvalue weighted by Crippen LogP contribution is -2.33. The maximum absolute atomic E-state index is 13.7. The Morgan fingerprint density at radius 2 is 1.71 bits per heavy atom. The van der Waals surface area contributed by atoms with Crippen LogP contribution in [-0.4, -0.2) is 28.4 Å². The van der Waals surface area contributed by atoms with E-state index in [1.807, 2.05) is 0 Å². The monoisotopic (exact) mass is 341 g/mol. The SMILES string of the molecule is O=C(CN1C(=O)S/C(=C/c2ccccc2F)C1=O)c1ccccc1. The molecule has 1 fully saturated rings. The van der Waals surface area contributed by atoms with Crippen molar-refractivity contribution in [2.24, 2.45) is 0 Å². The van der Waals surface area contributed by atoms with Gasteiger partial charge in [0.05, 0.1) is 11.4 Å². The summed E-state index contributed by atoms with van der Waals surface area (Å²) in [5.74, 6) is -1.40. The normalized spacial score (nSPS) is 16.0. The highest BCUT2D eigenvalue weighted by atomic mass is 32.2. The number of nitrogens with zero attached hydrogens (tertiary/aromatic N) is 1. The summed E-state index contributed by atoms with van der Waals surface area (Å²) >= 11 is 0.702. The van der Waals surface area contributed by atoms with Gasteiger partial charge in [-0.15, -0.1) is 0 Å². The van der Waals surface area contributed by atoms with Crippen LogP contribution in [0.15, 0.2) is 59.5 Å². The van der Waals surface area contributed by atoms with Crippen molar-refractivity contribution >= 4 is 34.8 Å². The molecule has 3 rings (SSSR count). The number of ketones is 1. The minimum absolute atomic E-state index is 0.103. The van der Waals surface area contributed by atoms with Gasteiger partial charge in [-0.2, -0.15) is 0 Å². The fourth-order valence-electron chi connectivity index (χ4n) is 2.23. The first-order valence-corrected chi connectivity index (χ1v) is 7.96. The number of carbonyl (C=O) groups excluding carboxylic acids is 3. The van der Waals surface area contributed by atoms with Crippen LogP contribution < -0.4 is 0 Å². The first kappa shape index (κ1) is 16.1. The molecule has 0 N–H and O–H groups in total. The van der Waals surface area contributed by atoms with Crippen molar-refractivity contribution in [1.29, 1.82) is 0 Å². The topological polar surface area (TPSA) is 54.5 Å². The predicted molar refractivity (Wildman–Crippen MR) is 89.8 cm³/mol. The van der Waals surface area contributed by atoms with Gasteiger partial charge >= 0.3 is 0 Å². The van der Waals surface area contributed by atoms with E-state index >= 15 is 0 Å². The molecule has 6 heteroatoms. The molecular formula is C18H12FNO3S. The minimum atomic E-state index is -0.586. The van der Waals surface area contributed by atoms with E-state index < -0.39 is 17.0 Å². The molecule has 0 radical (unpaired) electrons. The third-order valence-corrected chi connectivity index (χ3v) is 4.37. The second kappa shape index (κ2) is 6.80. The van der Waals surface area contributed by atoms with Crippen LogP contribution in [0.1, 0.15) is 15.9 Å². The van der Waals surface area contributed by atoms with E-state index in [0.717, 1.165) is 4.90 Å². The zero-order valence-electron chi connectivity index (χ0n) is 12.4. The van der Waals surface area contributed by atoms with E-state index in [1.165, 1.54) is 24.3 Å². The molecule has 1 saturated heterocycles. The number of hydrogen-bond donors (Lipinski definition) is 0. The van der Waals surface area contributed by atoms with Crippen molar-refractivity contribution in [3.8, 4) is 0 Å². The van der Waals surface area contributed by atoms with Gasteiger partial charge in [-0.3, -0.25) is 19.3 Å². The van der Waals surface area contributed by atoms with Crippen molar-refractivity contribution in [2.45, 2.75) is 0 Å². The van der Waals surface area contributed by atoms with Gasteiger partial charge in [0.1, 0.15) is 5.82 Å². The van der Waals surface area contributed by atoms with Gasteiger partial charge in [0.2, 0.25) is 0 Å². The summed E-state index contributed by atoms with van der Waals surface area (Å²) in [6.45, 7) is -0.330. The summed E-state index contributed by atoms with van der Waals surface area (Å²) in [4.78, 5) is 37.5. The second-order valence-corrected chi connectivity index (χ2v) is 6.07. The molecule has 0 aromatic heterocycles. The third kappa shape index (κ3) is 3.28. The van der Waals surface area contributed by atoms with Gasteiger partial charge in [0.15, 0.2) is 5.78 Å². The molecule has 120 valence electrons. The number of benzene rings is 2. The number of thioether (sulfide) groups is 1. The second-order valence-electron chi connectivity index (χ2n) is 5.08. The fourth-order valence-corrected chi connectivity index (χ4v) is 3.06. The van der Waals surface area contributed by atoms with Crippen LogP contribution in [0, 0.1) is 5.82 Å². The van der Waals surface area contributed by atoms with Gasteiger partial charge in [0, 0.05) is 11.1 Å². The lowest BCUT2D eigenvalue weighted by atomic mass is 10.1. The Labute approximate surface area is 142 Å². The van der Waals surface area contributed by atoms with Gasteiger partial charge in [-0.25, -0.2) is 4.39 Å². The van der Waals surface area contributed by atoms with E-state index in [-0.39, 0.29) is 22.8 Å². The van der Waals surface area contributed by atoms with Crippen molar-refractivity contribution in [2.75, 3.05) is 6.54 Å². The zero-order chi connectivity index (χ0) is 17.1. The standard InChI is InChI=1S/C18H12FNO3S/c19-14-9-5-4-8-13(14)10-16-17(22)20(18(23)24-16)11-15(21)12-6-2-1-3-7-12/h1-10H,11H2/b16-10+. The highest BCUT2D eigenvalue weighted by molar-refractivity contribution is 8.18. The molecule has 1 aliphatic heterocycles. The molecule has 0 atom stereocenters. The quantitative estimate of drug-likeness (QED) is 0.628. The Hall–Kier alpha value is -2.73. The molecule has 0 saturated carbocycles. The summed E-state index contributed by atoms with van der Waals surface area (Å²) in [6, 6.07) is 14.4. The summed E-state index contributed by atoms with van der Waals surface area (Å²) in [6.07, 6.45) is 1.33. The summed E-state index contributed by atoms with van der Waals surface area (Å²) in [7, 11) is 0. The first-order chi connectivity index (χ1) is 11.6. The lowest BCUT2D eigenvalue weighted by Gasteiger charge is -2.11. The average Bonchev–Trinajstić information content (AvgIpc) is 2.85. The first-order valence-electron chi connectivity index (χ1n) is 7.14. The van der Waals surface area contributed by atoms with Crippen LogP contribution in [-0.2, 0) is 4.79 Å². The van der Waals surface area contributed by atoms with Crippen molar-refractivity contribution in [3.05, 3.63) is 76.4 Å². The van der Waals surface area contributed by atoms with E-state index in [9.17, 15) is 18.8 Å². The Kier molecular flexibility index (Phi) is 4.57. The number of Topliss-reactive ketones (excluding diaryl/α,β-unsaturated/α-hetero) is 1. The lowest BCUT2D eigenvalue weighted by molar-refractivity contribution is -0.122. The molecule has 2 aromatic carbocycles. The van der Waals surface area contributed by atoms with Crippen LogP contribution in [0.5, 0.6) is 0 Å². The van der Waals surface area contributed by atoms with Crippen LogP contribution in [0.3, 0.4) is 0 Å². The smallest absolute Gasteiger partial charge is 0.292 e. The zero-order valence-corrected chi connectivity index (χ0v) is 13.3. The number of imide groups is 1. The van der Waals surface area contributed by atoms with E-state index in [0.29, 0.717) is 17.3 Å². The molecule has 0 aliphatic carbocycles. The largest absolute Gasteiger partial charge is 0.293 e. The minimum Gasteiger partial charge on any atom is -0.292 e. The number of rotatable bonds is 4. The number of hydrogen-bond acceptors (Lipinski definition) is 4. The summed E-state index contributed by atoms with van der Waals surface area (Å²) < 4.78 is 13.7. The maximum atomic E-state index is 13.7. The molecule has 0 spiro atoms. The van der Waals surface area contributed by atoms with Crippen LogP contribution in [0.2, 0.25) is 0 Å². The molecule has 2 amide bonds. The van der Waals surface area contributed by atoms with E-state index in [1.54, 1.807) is 36.4 Å². The summed E-state index contributed by atoms with van der Waals surface area (Å²) in [5, 5.41) is -0.535. The number of carbonyl (C=O) groups is 3. The maximum Gasteiger partial charge on any atom is 0.293 e. The number of amides is 2. The van der Waals surface area contributed by atoms with Crippen molar-refractivity contribution in [1.82, 2.24) is 4.90 Å². The fraction of sp³-hybridized carbons (Fsp3) is 0.0556. The molecule has 1 aliphatic rings. The molecule has 4 nitrogen and oxygen atoms in total. The molecule has 2 aromatic rings. The Morgan fingerprint density at radius 1 is 1.04 bits per heavy atom. The predicted octanol–water partition coefficient (Wildman–Crippen LogP) is 3.74. The van der Waals surface area contributed by atoms with E-state index in [2.05, 4.69) is 0 Å². The van der Waals surface area contributed by atoms with Crippen LogP contribution in [0.25, 0.3) is 6.08 Å². The van der Waals surface area contributed by atoms with Crippen LogP contribution in [0.4, 0.5) is 9.18 Å². The van der Waals surface area contributed by atoms with Gasteiger partial charge in [0.25, 0.3) is 11.1 Å². The highest BCUT2D eigenvalue weighted by Gasteiger charge is 2.36. The number of halogens is 1. The molecule has 0 bridgehead atoms. The van der Waals surface area contributed by atoms with Crippen molar-refractivity contribution in [3.63, 3.8) is 0 Å². The van der Waals surface area contributed by atoms with Crippen LogP contribution >= 0.6 is 11.8 Å². The highest BCUT2D eigenvalue weighted by Crippen LogP contribution is 2.32. The van der Waals surface area contributed by atoms with Gasteiger partial charge in [-0.1, -0.05) is 48.5 Å². The Morgan fingerprint density at radius 3 is 2.42 bits per heavy atom. The van der Waals surface area contributed by atoms with Gasteiger partial charge < -0.3 is 0 Å². The molecule has 1 heterocycles. The third-order valence-electron chi connectivity index (χ3n) is 3.46. The van der Waals surface area contributed by atoms with Crippen molar-refractivity contribution < 1.29 is 18.8 Å². The Bertz CT molecular complexity index is 848. The molecule has 24 heavy (non-hydrogen) atoms.